The topological polar surface area (TPSA) is 41.1 Å². The van der Waals surface area contributed by atoms with E-state index in [1.807, 2.05) is 12.1 Å². The van der Waals surface area contributed by atoms with E-state index in [1.54, 1.807) is 11.3 Å². The van der Waals surface area contributed by atoms with Gasteiger partial charge in [-0.2, -0.15) is 0 Å². The molecule has 1 saturated heterocycles. The molecule has 0 saturated carbocycles. The minimum Gasteiger partial charge on any atom is -0.355 e. The van der Waals surface area contributed by atoms with Gasteiger partial charge in [0.25, 0.3) is 0 Å². The molecule has 1 aliphatic heterocycles. The average Bonchev–Trinajstić information content (AvgIpc) is 2.85. The number of amides is 1. The van der Waals surface area contributed by atoms with Crippen LogP contribution in [-0.2, 0) is 11.2 Å². The third-order valence-electron chi connectivity index (χ3n) is 4.00. The number of thiophene rings is 1. The Labute approximate surface area is 123 Å². The molecule has 0 aromatic carbocycles. The number of piperidine rings is 1. The number of carbonyl (C=O) groups excluding carboxylic acids is 1. The van der Waals surface area contributed by atoms with E-state index >= 15 is 0 Å². The van der Waals surface area contributed by atoms with Crippen LogP contribution in [0.3, 0.4) is 0 Å². The van der Waals surface area contributed by atoms with E-state index in [0.29, 0.717) is 6.54 Å². The molecule has 5 heteroatoms. The maximum atomic E-state index is 12.4. The third kappa shape index (κ3) is 3.71. The minimum absolute atomic E-state index is 0.154. The van der Waals surface area contributed by atoms with Crippen molar-refractivity contribution in [2.75, 3.05) is 19.6 Å². The van der Waals surface area contributed by atoms with Gasteiger partial charge < -0.3 is 10.6 Å². The van der Waals surface area contributed by atoms with Gasteiger partial charge in [-0.3, -0.25) is 4.79 Å². The standard InChI is InChI=1S/C14H21ClN2OS/c1-2-14(6-9-16-10-7-14)13(18)17-8-5-11-3-4-12(15)19-11/h3-4,16H,2,5-10H2,1H3,(H,17,18). The first kappa shape index (κ1) is 14.8. The molecule has 2 rings (SSSR count). The number of hydrogen-bond donors (Lipinski definition) is 2. The van der Waals surface area contributed by atoms with Crippen molar-refractivity contribution < 1.29 is 4.79 Å². The lowest BCUT2D eigenvalue weighted by molar-refractivity contribution is -0.132. The van der Waals surface area contributed by atoms with Crippen molar-refractivity contribution >= 4 is 28.8 Å². The van der Waals surface area contributed by atoms with Gasteiger partial charge in [0.2, 0.25) is 5.91 Å². The molecular formula is C14H21ClN2OS. The van der Waals surface area contributed by atoms with Crippen LogP contribution in [0.25, 0.3) is 0 Å². The Balaban J connectivity index is 1.82. The van der Waals surface area contributed by atoms with Crippen molar-refractivity contribution in [3.05, 3.63) is 21.3 Å². The zero-order chi connectivity index (χ0) is 13.7. The summed E-state index contributed by atoms with van der Waals surface area (Å²) >= 11 is 7.48. The summed E-state index contributed by atoms with van der Waals surface area (Å²) < 4.78 is 0.810. The highest BCUT2D eigenvalue weighted by molar-refractivity contribution is 7.16. The first-order chi connectivity index (χ1) is 9.16. The number of rotatable bonds is 5. The summed E-state index contributed by atoms with van der Waals surface area (Å²) in [6.45, 7) is 4.71. The number of nitrogens with one attached hydrogen (secondary N) is 2. The summed E-state index contributed by atoms with van der Waals surface area (Å²) in [5, 5.41) is 6.42. The van der Waals surface area contributed by atoms with Crippen molar-refractivity contribution in [3.63, 3.8) is 0 Å². The van der Waals surface area contributed by atoms with Crippen LogP contribution in [0.4, 0.5) is 0 Å². The molecule has 3 nitrogen and oxygen atoms in total. The second kappa shape index (κ2) is 6.73. The van der Waals surface area contributed by atoms with Gasteiger partial charge in [-0.15, -0.1) is 11.3 Å². The SMILES string of the molecule is CCC1(C(=O)NCCc2ccc(Cl)s2)CCNCC1. The summed E-state index contributed by atoms with van der Waals surface area (Å²) in [7, 11) is 0. The lowest BCUT2D eigenvalue weighted by atomic mass is 9.76. The van der Waals surface area contributed by atoms with Crippen LogP contribution in [-0.4, -0.2) is 25.5 Å². The van der Waals surface area contributed by atoms with E-state index in [2.05, 4.69) is 17.6 Å². The van der Waals surface area contributed by atoms with E-state index < -0.39 is 0 Å². The number of halogens is 1. The molecule has 0 spiro atoms. The molecule has 0 bridgehead atoms. The largest absolute Gasteiger partial charge is 0.355 e. The highest BCUT2D eigenvalue weighted by Gasteiger charge is 2.37. The number of hydrogen-bond acceptors (Lipinski definition) is 3. The Morgan fingerprint density at radius 1 is 1.47 bits per heavy atom. The highest BCUT2D eigenvalue weighted by Crippen LogP contribution is 2.32. The van der Waals surface area contributed by atoms with Crippen LogP contribution in [0.5, 0.6) is 0 Å². The van der Waals surface area contributed by atoms with E-state index in [0.717, 1.165) is 43.1 Å². The minimum atomic E-state index is -0.154. The molecule has 1 amide bonds. The highest BCUT2D eigenvalue weighted by atomic mass is 35.5. The third-order valence-corrected chi connectivity index (χ3v) is 5.30. The summed E-state index contributed by atoms with van der Waals surface area (Å²) in [6.07, 6.45) is 3.67. The van der Waals surface area contributed by atoms with Crippen molar-refractivity contribution in [2.24, 2.45) is 5.41 Å². The van der Waals surface area contributed by atoms with E-state index in [-0.39, 0.29) is 11.3 Å². The molecular weight excluding hydrogens is 280 g/mol. The fourth-order valence-corrected chi connectivity index (χ4v) is 3.71. The van der Waals surface area contributed by atoms with E-state index in [9.17, 15) is 4.79 Å². The summed E-state index contributed by atoms with van der Waals surface area (Å²) in [5.74, 6) is 0.221. The Morgan fingerprint density at radius 2 is 2.21 bits per heavy atom. The fraction of sp³-hybridized carbons (Fsp3) is 0.643. The predicted octanol–water partition coefficient (Wildman–Crippen LogP) is 2.84. The molecule has 1 aliphatic rings. The van der Waals surface area contributed by atoms with Crippen LogP contribution in [0.15, 0.2) is 12.1 Å². The number of carbonyl (C=O) groups is 1. The van der Waals surface area contributed by atoms with Crippen molar-refractivity contribution in [3.8, 4) is 0 Å². The monoisotopic (exact) mass is 300 g/mol. The zero-order valence-corrected chi connectivity index (χ0v) is 12.9. The Morgan fingerprint density at radius 3 is 2.79 bits per heavy atom. The average molecular weight is 301 g/mol. The molecule has 0 aliphatic carbocycles. The van der Waals surface area contributed by atoms with Crippen molar-refractivity contribution in [2.45, 2.75) is 32.6 Å². The lowest BCUT2D eigenvalue weighted by Gasteiger charge is -2.35. The first-order valence-corrected chi connectivity index (χ1v) is 8.09. The van der Waals surface area contributed by atoms with Crippen LogP contribution < -0.4 is 10.6 Å². The van der Waals surface area contributed by atoms with Crippen LogP contribution in [0.1, 0.15) is 31.1 Å². The van der Waals surface area contributed by atoms with Crippen LogP contribution in [0, 0.1) is 5.41 Å². The van der Waals surface area contributed by atoms with Gasteiger partial charge in [0.15, 0.2) is 0 Å². The van der Waals surface area contributed by atoms with Gasteiger partial charge >= 0.3 is 0 Å². The fourth-order valence-electron chi connectivity index (χ4n) is 2.62. The van der Waals surface area contributed by atoms with Gasteiger partial charge in [0.1, 0.15) is 0 Å². The van der Waals surface area contributed by atoms with Crippen molar-refractivity contribution in [1.82, 2.24) is 10.6 Å². The molecule has 1 fully saturated rings. The summed E-state index contributed by atoms with van der Waals surface area (Å²) in [6, 6.07) is 3.93. The lowest BCUT2D eigenvalue weighted by Crippen LogP contribution is -2.47. The maximum absolute atomic E-state index is 12.4. The molecule has 2 heterocycles. The molecule has 1 aromatic rings. The zero-order valence-electron chi connectivity index (χ0n) is 11.3. The second-order valence-corrected chi connectivity index (χ2v) is 6.90. The molecule has 19 heavy (non-hydrogen) atoms. The van der Waals surface area contributed by atoms with Crippen LogP contribution >= 0.6 is 22.9 Å². The van der Waals surface area contributed by atoms with Gasteiger partial charge in [-0.25, -0.2) is 0 Å². The molecule has 0 unspecified atom stereocenters. The Bertz CT molecular complexity index is 427. The van der Waals surface area contributed by atoms with Crippen molar-refractivity contribution in [1.29, 1.82) is 0 Å². The smallest absolute Gasteiger partial charge is 0.226 e. The molecule has 2 N–H and O–H groups in total. The summed E-state index contributed by atoms with van der Waals surface area (Å²) in [4.78, 5) is 13.6. The molecule has 1 aromatic heterocycles. The molecule has 0 atom stereocenters. The molecule has 0 radical (unpaired) electrons. The van der Waals surface area contributed by atoms with Gasteiger partial charge in [-0.05, 0) is 50.9 Å². The normalized spacial score (nSPS) is 18.2. The van der Waals surface area contributed by atoms with Gasteiger partial charge in [0, 0.05) is 11.4 Å². The maximum Gasteiger partial charge on any atom is 0.226 e. The Hall–Kier alpha value is -0.580. The first-order valence-electron chi connectivity index (χ1n) is 6.89. The van der Waals surface area contributed by atoms with E-state index in [4.69, 9.17) is 11.6 Å². The molecule has 106 valence electrons. The second-order valence-electron chi connectivity index (χ2n) is 5.10. The van der Waals surface area contributed by atoms with E-state index in [1.165, 1.54) is 4.88 Å². The van der Waals surface area contributed by atoms with Gasteiger partial charge in [0.05, 0.1) is 9.75 Å². The Kier molecular flexibility index (Phi) is 5.25. The van der Waals surface area contributed by atoms with Gasteiger partial charge in [-0.1, -0.05) is 18.5 Å². The summed E-state index contributed by atoms with van der Waals surface area (Å²) in [5.41, 5.74) is -0.154. The quantitative estimate of drug-likeness (QED) is 0.878. The predicted molar refractivity (Wildman–Crippen MR) is 80.9 cm³/mol. The van der Waals surface area contributed by atoms with Crippen LogP contribution in [0.2, 0.25) is 4.34 Å².